The molecule has 2 aromatic heterocycles. The zero-order valence-electron chi connectivity index (χ0n) is 10.9. The summed E-state index contributed by atoms with van der Waals surface area (Å²) in [5.41, 5.74) is 2.20. The molecule has 3 rings (SSSR count). The van der Waals surface area contributed by atoms with Gasteiger partial charge in [-0.2, -0.15) is 5.10 Å². The van der Waals surface area contributed by atoms with Gasteiger partial charge in [-0.1, -0.05) is 13.8 Å². The van der Waals surface area contributed by atoms with Gasteiger partial charge in [-0.05, 0) is 12.0 Å². The SMILES string of the molecule is CC(C)c1cnn2ccc(N3CCNCC3)nc12. The van der Waals surface area contributed by atoms with Crippen molar-refractivity contribution in [3.63, 3.8) is 0 Å². The minimum atomic E-state index is 0.452. The zero-order valence-corrected chi connectivity index (χ0v) is 10.9. The van der Waals surface area contributed by atoms with Crippen LogP contribution in [0.4, 0.5) is 5.82 Å². The largest absolute Gasteiger partial charge is 0.354 e. The maximum absolute atomic E-state index is 4.78. The lowest BCUT2D eigenvalue weighted by molar-refractivity contribution is 0.585. The number of hydrogen-bond acceptors (Lipinski definition) is 4. The van der Waals surface area contributed by atoms with Crippen molar-refractivity contribution in [2.75, 3.05) is 31.1 Å². The van der Waals surface area contributed by atoms with Crippen molar-refractivity contribution in [2.24, 2.45) is 0 Å². The molecule has 96 valence electrons. The van der Waals surface area contributed by atoms with E-state index < -0.39 is 0 Å². The molecule has 1 aliphatic rings. The summed E-state index contributed by atoms with van der Waals surface area (Å²) in [4.78, 5) is 7.11. The molecule has 0 atom stereocenters. The summed E-state index contributed by atoms with van der Waals surface area (Å²) in [6.45, 7) is 8.46. The normalized spacial score (nSPS) is 16.7. The minimum Gasteiger partial charge on any atom is -0.354 e. The Kier molecular flexibility index (Phi) is 2.91. The lowest BCUT2D eigenvalue weighted by atomic mass is 10.1. The Morgan fingerprint density at radius 3 is 2.78 bits per heavy atom. The van der Waals surface area contributed by atoms with Gasteiger partial charge in [0.05, 0.1) is 6.20 Å². The van der Waals surface area contributed by atoms with Crippen LogP contribution in [-0.2, 0) is 0 Å². The second-order valence-corrected chi connectivity index (χ2v) is 5.05. The lowest BCUT2D eigenvalue weighted by Gasteiger charge is -2.28. The van der Waals surface area contributed by atoms with E-state index in [-0.39, 0.29) is 0 Å². The fourth-order valence-corrected chi connectivity index (χ4v) is 2.35. The van der Waals surface area contributed by atoms with Gasteiger partial charge in [-0.15, -0.1) is 0 Å². The molecular weight excluding hydrogens is 226 g/mol. The second-order valence-electron chi connectivity index (χ2n) is 5.05. The van der Waals surface area contributed by atoms with Crippen molar-refractivity contribution in [3.8, 4) is 0 Å². The Morgan fingerprint density at radius 1 is 1.28 bits per heavy atom. The van der Waals surface area contributed by atoms with Gasteiger partial charge < -0.3 is 10.2 Å². The van der Waals surface area contributed by atoms with Gasteiger partial charge in [0.1, 0.15) is 5.82 Å². The third-order valence-electron chi connectivity index (χ3n) is 3.44. The molecular formula is C13H19N5. The van der Waals surface area contributed by atoms with E-state index in [4.69, 9.17) is 4.98 Å². The van der Waals surface area contributed by atoms with Crippen LogP contribution in [0.5, 0.6) is 0 Å². The highest BCUT2D eigenvalue weighted by atomic mass is 15.3. The van der Waals surface area contributed by atoms with Crippen molar-refractivity contribution in [1.82, 2.24) is 19.9 Å². The fourth-order valence-electron chi connectivity index (χ4n) is 2.35. The molecule has 1 N–H and O–H groups in total. The first-order valence-corrected chi connectivity index (χ1v) is 6.55. The Bertz CT molecular complexity index is 539. The van der Waals surface area contributed by atoms with Crippen molar-refractivity contribution < 1.29 is 0 Å². The first-order chi connectivity index (χ1) is 8.75. The maximum Gasteiger partial charge on any atom is 0.160 e. The summed E-state index contributed by atoms with van der Waals surface area (Å²) in [5.74, 6) is 1.51. The van der Waals surface area contributed by atoms with Crippen molar-refractivity contribution >= 4 is 11.5 Å². The topological polar surface area (TPSA) is 45.5 Å². The van der Waals surface area contributed by atoms with Gasteiger partial charge in [0.15, 0.2) is 5.65 Å². The van der Waals surface area contributed by atoms with Gasteiger partial charge >= 0.3 is 0 Å². The second kappa shape index (κ2) is 4.57. The van der Waals surface area contributed by atoms with E-state index in [2.05, 4.69) is 35.2 Å². The number of anilines is 1. The highest BCUT2D eigenvalue weighted by Gasteiger charge is 2.14. The molecule has 1 saturated heterocycles. The van der Waals surface area contributed by atoms with Crippen LogP contribution in [0.2, 0.25) is 0 Å². The molecule has 0 radical (unpaired) electrons. The summed E-state index contributed by atoms with van der Waals surface area (Å²) < 4.78 is 1.86. The molecule has 5 nitrogen and oxygen atoms in total. The number of rotatable bonds is 2. The van der Waals surface area contributed by atoms with Crippen LogP contribution in [0.1, 0.15) is 25.3 Å². The van der Waals surface area contributed by atoms with Gasteiger partial charge in [0.25, 0.3) is 0 Å². The number of piperazine rings is 1. The third-order valence-corrected chi connectivity index (χ3v) is 3.44. The van der Waals surface area contributed by atoms with Crippen LogP contribution >= 0.6 is 0 Å². The molecule has 3 heterocycles. The van der Waals surface area contributed by atoms with Crippen LogP contribution < -0.4 is 10.2 Å². The molecule has 0 amide bonds. The van der Waals surface area contributed by atoms with Gasteiger partial charge in [-0.25, -0.2) is 9.50 Å². The van der Waals surface area contributed by atoms with E-state index in [1.165, 1.54) is 5.56 Å². The summed E-state index contributed by atoms with van der Waals surface area (Å²) in [6.07, 6.45) is 3.93. The maximum atomic E-state index is 4.78. The monoisotopic (exact) mass is 245 g/mol. The van der Waals surface area contributed by atoms with E-state index in [0.29, 0.717) is 5.92 Å². The number of nitrogens with one attached hydrogen (secondary N) is 1. The standard InChI is InChI=1S/C13H19N5/c1-10(2)11-9-15-18-6-3-12(16-13(11)18)17-7-4-14-5-8-17/h3,6,9-10,14H,4-5,7-8H2,1-2H3. The Labute approximate surface area is 107 Å². The molecule has 1 aliphatic heterocycles. The van der Waals surface area contributed by atoms with E-state index in [9.17, 15) is 0 Å². The molecule has 0 bridgehead atoms. The van der Waals surface area contributed by atoms with Crippen molar-refractivity contribution in [2.45, 2.75) is 19.8 Å². The molecule has 0 saturated carbocycles. The summed E-state index contributed by atoms with van der Waals surface area (Å²) in [6, 6.07) is 2.05. The Balaban J connectivity index is 2.00. The molecule has 18 heavy (non-hydrogen) atoms. The highest BCUT2D eigenvalue weighted by molar-refractivity contribution is 5.53. The number of aromatic nitrogens is 3. The number of nitrogens with zero attached hydrogens (tertiary/aromatic N) is 4. The van der Waals surface area contributed by atoms with E-state index in [1.54, 1.807) is 0 Å². The predicted molar refractivity (Wildman–Crippen MR) is 72.2 cm³/mol. The van der Waals surface area contributed by atoms with Crippen molar-refractivity contribution in [3.05, 3.63) is 24.0 Å². The van der Waals surface area contributed by atoms with Crippen LogP contribution in [0.3, 0.4) is 0 Å². The summed E-state index contributed by atoms with van der Waals surface area (Å²) >= 11 is 0. The average Bonchev–Trinajstić information content (AvgIpc) is 2.82. The lowest BCUT2D eigenvalue weighted by Crippen LogP contribution is -2.43. The zero-order chi connectivity index (χ0) is 12.5. The predicted octanol–water partition coefficient (Wildman–Crippen LogP) is 1.26. The Hall–Kier alpha value is -1.62. The molecule has 0 spiro atoms. The molecule has 5 heteroatoms. The van der Waals surface area contributed by atoms with Crippen LogP contribution in [0.15, 0.2) is 18.5 Å². The first kappa shape index (κ1) is 11.5. The molecule has 0 aromatic carbocycles. The van der Waals surface area contributed by atoms with Crippen LogP contribution in [0, 0.1) is 0 Å². The quantitative estimate of drug-likeness (QED) is 0.865. The summed E-state index contributed by atoms with van der Waals surface area (Å²) in [5, 5.41) is 7.71. The van der Waals surface area contributed by atoms with Crippen LogP contribution in [0.25, 0.3) is 5.65 Å². The van der Waals surface area contributed by atoms with E-state index in [1.807, 2.05) is 16.9 Å². The first-order valence-electron chi connectivity index (χ1n) is 6.55. The van der Waals surface area contributed by atoms with E-state index >= 15 is 0 Å². The third kappa shape index (κ3) is 1.95. The van der Waals surface area contributed by atoms with Gasteiger partial charge in [-0.3, -0.25) is 0 Å². The molecule has 0 unspecified atom stereocenters. The van der Waals surface area contributed by atoms with Gasteiger partial charge in [0.2, 0.25) is 0 Å². The van der Waals surface area contributed by atoms with Gasteiger partial charge in [0, 0.05) is 37.9 Å². The molecule has 1 fully saturated rings. The van der Waals surface area contributed by atoms with Crippen molar-refractivity contribution in [1.29, 1.82) is 0 Å². The fraction of sp³-hybridized carbons (Fsp3) is 0.538. The molecule has 2 aromatic rings. The smallest absolute Gasteiger partial charge is 0.160 e. The highest BCUT2D eigenvalue weighted by Crippen LogP contribution is 2.21. The summed E-state index contributed by atoms with van der Waals surface area (Å²) in [7, 11) is 0. The van der Waals surface area contributed by atoms with Crippen LogP contribution in [-0.4, -0.2) is 40.8 Å². The Morgan fingerprint density at radius 2 is 2.06 bits per heavy atom. The minimum absolute atomic E-state index is 0.452. The average molecular weight is 245 g/mol. The molecule has 0 aliphatic carbocycles. The van der Waals surface area contributed by atoms with E-state index in [0.717, 1.165) is 37.6 Å². The number of fused-ring (bicyclic) bond motifs is 1. The number of hydrogen-bond donors (Lipinski definition) is 1.